The second-order valence-electron chi connectivity index (χ2n) is 3.30. The van der Waals surface area contributed by atoms with E-state index in [9.17, 15) is 0 Å². The maximum atomic E-state index is 4.37. The Bertz CT molecular complexity index is 314. The Morgan fingerprint density at radius 3 is 3.08 bits per heavy atom. The van der Waals surface area contributed by atoms with Crippen molar-refractivity contribution in [2.24, 2.45) is 4.99 Å². The summed E-state index contributed by atoms with van der Waals surface area (Å²) in [5, 5.41) is 3.37. The third-order valence-electron chi connectivity index (χ3n) is 2.14. The van der Waals surface area contributed by atoms with Gasteiger partial charge in [0.15, 0.2) is 0 Å². The fourth-order valence-corrected chi connectivity index (χ4v) is 2.28. The van der Waals surface area contributed by atoms with E-state index in [4.69, 9.17) is 0 Å². The molecule has 1 aliphatic heterocycles. The number of thiophene rings is 1. The van der Waals surface area contributed by atoms with Crippen LogP contribution in [0.1, 0.15) is 22.6 Å². The standard InChI is InChI=1S/C10H14N2S/c1-8-4-5-9(13-8)7-12-10-3-2-6-11-10/h4-5H,2-3,6-7H2,1H3,(H,11,12). The van der Waals surface area contributed by atoms with Gasteiger partial charge in [0.05, 0.1) is 12.4 Å². The molecule has 2 nitrogen and oxygen atoms in total. The zero-order chi connectivity index (χ0) is 9.10. The predicted octanol–water partition coefficient (Wildman–Crippen LogP) is 2.34. The number of nitrogens with zero attached hydrogens (tertiary/aromatic N) is 1. The van der Waals surface area contributed by atoms with E-state index in [-0.39, 0.29) is 0 Å². The molecule has 0 saturated carbocycles. The highest BCUT2D eigenvalue weighted by Gasteiger charge is 2.05. The first kappa shape index (κ1) is 8.75. The van der Waals surface area contributed by atoms with E-state index in [1.807, 2.05) is 11.3 Å². The Hall–Kier alpha value is -0.830. The maximum absolute atomic E-state index is 4.37. The first-order valence-corrected chi connectivity index (χ1v) is 5.49. The summed E-state index contributed by atoms with van der Waals surface area (Å²) in [5.41, 5.74) is 0. The highest BCUT2D eigenvalue weighted by atomic mass is 32.1. The Labute approximate surface area is 82.7 Å². The van der Waals surface area contributed by atoms with Gasteiger partial charge in [-0.3, -0.25) is 4.99 Å². The third-order valence-corrected chi connectivity index (χ3v) is 3.14. The molecule has 1 N–H and O–H groups in total. The summed E-state index contributed by atoms with van der Waals surface area (Å²) in [6.45, 7) is 4.09. The molecule has 0 atom stereocenters. The number of aliphatic imine (C=N–C) groups is 1. The maximum Gasteiger partial charge on any atom is 0.0966 e. The van der Waals surface area contributed by atoms with Crippen LogP contribution in [0.5, 0.6) is 0 Å². The monoisotopic (exact) mass is 194 g/mol. The van der Waals surface area contributed by atoms with Crippen molar-refractivity contribution in [1.82, 2.24) is 5.32 Å². The molecule has 1 aromatic rings. The van der Waals surface area contributed by atoms with Crippen molar-refractivity contribution < 1.29 is 0 Å². The molecule has 2 rings (SSSR count). The van der Waals surface area contributed by atoms with E-state index < -0.39 is 0 Å². The van der Waals surface area contributed by atoms with Crippen molar-refractivity contribution in [1.29, 1.82) is 0 Å². The molecular weight excluding hydrogens is 180 g/mol. The number of nitrogens with one attached hydrogen (secondary N) is 1. The SMILES string of the molecule is Cc1ccc(CNC2=NCCC2)s1. The van der Waals surface area contributed by atoms with Crippen LogP contribution in [0.4, 0.5) is 0 Å². The summed E-state index contributed by atoms with van der Waals surface area (Å²) >= 11 is 1.85. The largest absolute Gasteiger partial charge is 0.369 e. The summed E-state index contributed by atoms with van der Waals surface area (Å²) in [4.78, 5) is 7.14. The lowest BCUT2D eigenvalue weighted by atomic mass is 10.3. The number of amidine groups is 1. The molecule has 0 radical (unpaired) electrons. The quantitative estimate of drug-likeness (QED) is 0.767. The molecule has 0 saturated heterocycles. The minimum absolute atomic E-state index is 0.942. The van der Waals surface area contributed by atoms with Crippen molar-refractivity contribution >= 4 is 17.2 Å². The molecule has 2 heterocycles. The summed E-state index contributed by atoms with van der Waals surface area (Å²) in [7, 11) is 0. The van der Waals surface area contributed by atoms with Gasteiger partial charge >= 0.3 is 0 Å². The van der Waals surface area contributed by atoms with Gasteiger partial charge in [-0.05, 0) is 25.5 Å². The number of hydrogen-bond acceptors (Lipinski definition) is 3. The van der Waals surface area contributed by atoms with Crippen LogP contribution < -0.4 is 5.32 Å². The molecule has 0 fully saturated rings. The van der Waals surface area contributed by atoms with Gasteiger partial charge in [-0.15, -0.1) is 11.3 Å². The van der Waals surface area contributed by atoms with E-state index in [0.717, 1.165) is 19.5 Å². The number of rotatable bonds is 2. The zero-order valence-corrected chi connectivity index (χ0v) is 8.66. The lowest BCUT2D eigenvalue weighted by molar-refractivity contribution is 0.901. The summed E-state index contributed by atoms with van der Waals surface area (Å²) in [5.74, 6) is 1.19. The molecule has 1 aromatic heterocycles. The van der Waals surface area contributed by atoms with Crippen molar-refractivity contribution in [2.45, 2.75) is 26.3 Å². The highest BCUT2D eigenvalue weighted by molar-refractivity contribution is 7.11. The van der Waals surface area contributed by atoms with Gasteiger partial charge in [-0.1, -0.05) is 0 Å². The summed E-state index contributed by atoms with van der Waals surface area (Å²) in [6, 6.07) is 4.35. The van der Waals surface area contributed by atoms with Crippen LogP contribution in [-0.2, 0) is 6.54 Å². The van der Waals surface area contributed by atoms with Crippen LogP contribution in [0.3, 0.4) is 0 Å². The molecule has 0 bridgehead atoms. The molecule has 0 unspecified atom stereocenters. The molecule has 13 heavy (non-hydrogen) atoms. The van der Waals surface area contributed by atoms with E-state index in [2.05, 4.69) is 29.4 Å². The normalized spacial score (nSPS) is 15.9. The summed E-state index contributed by atoms with van der Waals surface area (Å²) < 4.78 is 0. The van der Waals surface area contributed by atoms with Crippen LogP contribution in [0, 0.1) is 6.92 Å². The van der Waals surface area contributed by atoms with Crippen molar-refractivity contribution in [3.8, 4) is 0 Å². The fourth-order valence-electron chi connectivity index (χ4n) is 1.45. The highest BCUT2D eigenvalue weighted by Crippen LogP contribution is 2.14. The molecule has 70 valence electrons. The Kier molecular flexibility index (Phi) is 2.64. The first-order chi connectivity index (χ1) is 6.34. The lowest BCUT2D eigenvalue weighted by Crippen LogP contribution is -2.19. The van der Waals surface area contributed by atoms with Gasteiger partial charge in [0.25, 0.3) is 0 Å². The Morgan fingerprint density at radius 1 is 1.54 bits per heavy atom. The van der Waals surface area contributed by atoms with Crippen LogP contribution >= 0.6 is 11.3 Å². The minimum atomic E-state index is 0.942. The smallest absolute Gasteiger partial charge is 0.0966 e. The van der Waals surface area contributed by atoms with Crippen LogP contribution in [0.2, 0.25) is 0 Å². The average Bonchev–Trinajstić information content (AvgIpc) is 2.71. The average molecular weight is 194 g/mol. The molecule has 3 heteroatoms. The summed E-state index contributed by atoms with van der Waals surface area (Å²) in [6.07, 6.45) is 2.34. The number of aryl methyl sites for hydroxylation is 1. The third kappa shape index (κ3) is 2.31. The van der Waals surface area contributed by atoms with Gasteiger partial charge < -0.3 is 5.32 Å². The molecular formula is C10H14N2S. The Balaban J connectivity index is 1.85. The van der Waals surface area contributed by atoms with Gasteiger partial charge in [-0.2, -0.15) is 0 Å². The molecule has 0 aromatic carbocycles. The van der Waals surface area contributed by atoms with E-state index in [1.165, 1.54) is 22.0 Å². The second kappa shape index (κ2) is 3.92. The molecule has 0 aliphatic carbocycles. The Morgan fingerprint density at radius 2 is 2.46 bits per heavy atom. The van der Waals surface area contributed by atoms with Gasteiger partial charge in [-0.25, -0.2) is 0 Å². The number of hydrogen-bond donors (Lipinski definition) is 1. The molecule has 1 aliphatic rings. The van der Waals surface area contributed by atoms with E-state index in [0.29, 0.717) is 0 Å². The lowest BCUT2D eigenvalue weighted by Gasteiger charge is -2.02. The zero-order valence-electron chi connectivity index (χ0n) is 7.84. The van der Waals surface area contributed by atoms with Crippen molar-refractivity contribution in [2.75, 3.05) is 6.54 Å². The van der Waals surface area contributed by atoms with Gasteiger partial charge in [0.2, 0.25) is 0 Å². The minimum Gasteiger partial charge on any atom is -0.369 e. The van der Waals surface area contributed by atoms with Crippen molar-refractivity contribution in [3.05, 3.63) is 21.9 Å². The second-order valence-corrected chi connectivity index (χ2v) is 4.67. The first-order valence-electron chi connectivity index (χ1n) is 4.67. The van der Waals surface area contributed by atoms with Crippen LogP contribution in [-0.4, -0.2) is 12.4 Å². The predicted molar refractivity (Wildman–Crippen MR) is 57.4 cm³/mol. The van der Waals surface area contributed by atoms with E-state index in [1.54, 1.807) is 0 Å². The van der Waals surface area contributed by atoms with Gasteiger partial charge in [0, 0.05) is 22.7 Å². The molecule has 0 spiro atoms. The van der Waals surface area contributed by atoms with Gasteiger partial charge in [0.1, 0.15) is 0 Å². The van der Waals surface area contributed by atoms with Crippen LogP contribution in [0.15, 0.2) is 17.1 Å². The van der Waals surface area contributed by atoms with E-state index >= 15 is 0 Å². The fraction of sp³-hybridized carbons (Fsp3) is 0.500. The van der Waals surface area contributed by atoms with Crippen molar-refractivity contribution in [3.63, 3.8) is 0 Å². The topological polar surface area (TPSA) is 24.4 Å². The molecule has 0 amide bonds. The van der Waals surface area contributed by atoms with Crippen LogP contribution in [0.25, 0.3) is 0 Å².